The van der Waals surface area contributed by atoms with Crippen molar-refractivity contribution < 1.29 is 9.00 Å². The van der Waals surface area contributed by atoms with Gasteiger partial charge in [-0.3, -0.25) is 4.21 Å². The van der Waals surface area contributed by atoms with Gasteiger partial charge in [-0.1, -0.05) is 34.1 Å². The SMILES string of the molecule is C[S@@](=O)CCNC(=O)NCCc1ccccc1Br. The van der Waals surface area contributed by atoms with Crippen LogP contribution in [0.1, 0.15) is 5.56 Å². The monoisotopic (exact) mass is 332 g/mol. The molecule has 2 N–H and O–H groups in total. The fourth-order valence-electron chi connectivity index (χ4n) is 1.38. The summed E-state index contributed by atoms with van der Waals surface area (Å²) >= 11 is 3.46. The summed E-state index contributed by atoms with van der Waals surface area (Å²) in [6.07, 6.45) is 2.39. The van der Waals surface area contributed by atoms with Crippen LogP contribution < -0.4 is 10.6 Å². The van der Waals surface area contributed by atoms with Crippen molar-refractivity contribution in [2.45, 2.75) is 6.42 Å². The standard InChI is InChI=1S/C12H17BrN2O2S/c1-18(17)9-8-15-12(16)14-7-6-10-4-2-3-5-11(10)13/h2-5H,6-9H2,1H3,(H2,14,15,16)/t18-/m1/s1. The summed E-state index contributed by atoms with van der Waals surface area (Å²) in [5, 5.41) is 5.42. The number of rotatable bonds is 6. The lowest BCUT2D eigenvalue weighted by Gasteiger charge is -2.07. The molecule has 0 bridgehead atoms. The van der Waals surface area contributed by atoms with Gasteiger partial charge >= 0.3 is 6.03 Å². The van der Waals surface area contributed by atoms with Crippen molar-refractivity contribution in [3.05, 3.63) is 34.3 Å². The molecule has 1 rings (SSSR count). The molecule has 0 aliphatic heterocycles. The third-order valence-corrected chi connectivity index (χ3v) is 3.87. The van der Waals surface area contributed by atoms with Crippen LogP contribution >= 0.6 is 15.9 Å². The molecule has 6 heteroatoms. The Morgan fingerprint density at radius 2 is 1.94 bits per heavy atom. The molecule has 0 aliphatic carbocycles. The van der Waals surface area contributed by atoms with Crippen LogP contribution in [0.25, 0.3) is 0 Å². The number of urea groups is 1. The third kappa shape index (κ3) is 6.16. The Morgan fingerprint density at radius 1 is 1.28 bits per heavy atom. The van der Waals surface area contributed by atoms with Crippen LogP contribution in [0.5, 0.6) is 0 Å². The van der Waals surface area contributed by atoms with E-state index in [0.717, 1.165) is 16.5 Å². The van der Waals surface area contributed by atoms with Gasteiger partial charge in [0, 0.05) is 40.4 Å². The number of halogens is 1. The number of benzene rings is 1. The van der Waals surface area contributed by atoms with Gasteiger partial charge in [-0.05, 0) is 18.1 Å². The maximum absolute atomic E-state index is 11.4. The van der Waals surface area contributed by atoms with E-state index in [4.69, 9.17) is 0 Å². The van der Waals surface area contributed by atoms with E-state index in [1.807, 2.05) is 24.3 Å². The van der Waals surface area contributed by atoms with E-state index in [0.29, 0.717) is 18.8 Å². The molecule has 2 amide bonds. The smallest absolute Gasteiger partial charge is 0.314 e. The molecule has 1 atom stereocenters. The van der Waals surface area contributed by atoms with Crippen LogP contribution in [0.2, 0.25) is 0 Å². The summed E-state index contributed by atoms with van der Waals surface area (Å²) in [5.41, 5.74) is 1.16. The molecular weight excluding hydrogens is 316 g/mol. The van der Waals surface area contributed by atoms with E-state index in [1.54, 1.807) is 6.26 Å². The molecule has 0 radical (unpaired) electrons. The average molecular weight is 333 g/mol. The summed E-state index contributed by atoms with van der Waals surface area (Å²) < 4.78 is 11.8. The minimum absolute atomic E-state index is 0.215. The summed E-state index contributed by atoms with van der Waals surface area (Å²) in [6, 6.07) is 7.71. The summed E-state index contributed by atoms with van der Waals surface area (Å²) in [4.78, 5) is 11.4. The predicted molar refractivity (Wildman–Crippen MR) is 78.2 cm³/mol. The molecule has 0 fully saturated rings. The van der Waals surface area contributed by atoms with Crippen LogP contribution in [0.3, 0.4) is 0 Å². The van der Waals surface area contributed by atoms with Crippen LogP contribution in [0.4, 0.5) is 4.79 Å². The lowest BCUT2D eigenvalue weighted by atomic mass is 10.1. The van der Waals surface area contributed by atoms with Gasteiger partial charge in [-0.25, -0.2) is 4.79 Å². The predicted octanol–water partition coefficient (Wildman–Crippen LogP) is 1.67. The topological polar surface area (TPSA) is 58.2 Å². The van der Waals surface area contributed by atoms with Crippen molar-refractivity contribution in [3.63, 3.8) is 0 Å². The maximum atomic E-state index is 11.4. The molecule has 4 nitrogen and oxygen atoms in total. The minimum atomic E-state index is -0.869. The van der Waals surface area contributed by atoms with Crippen molar-refractivity contribution in [3.8, 4) is 0 Å². The summed E-state index contributed by atoms with van der Waals surface area (Å²) in [5.74, 6) is 0.484. The van der Waals surface area contributed by atoms with E-state index < -0.39 is 10.8 Å². The Morgan fingerprint density at radius 3 is 2.61 bits per heavy atom. The fourth-order valence-corrected chi connectivity index (χ4v) is 2.26. The van der Waals surface area contributed by atoms with Crippen LogP contribution in [-0.4, -0.2) is 35.3 Å². The molecular formula is C12H17BrN2O2S. The quantitative estimate of drug-likeness (QED) is 0.832. The Balaban J connectivity index is 2.20. The van der Waals surface area contributed by atoms with Gasteiger partial charge in [-0.15, -0.1) is 0 Å². The zero-order valence-corrected chi connectivity index (χ0v) is 12.6. The van der Waals surface area contributed by atoms with E-state index in [9.17, 15) is 9.00 Å². The molecule has 1 aromatic carbocycles. The van der Waals surface area contributed by atoms with Crippen molar-refractivity contribution in [2.75, 3.05) is 25.1 Å². The van der Waals surface area contributed by atoms with E-state index in [1.165, 1.54) is 0 Å². The second kappa shape index (κ2) is 8.26. The van der Waals surface area contributed by atoms with Crippen molar-refractivity contribution in [1.82, 2.24) is 10.6 Å². The summed E-state index contributed by atoms with van der Waals surface area (Å²) in [6.45, 7) is 1.01. The Labute approximate surface area is 118 Å². The van der Waals surface area contributed by atoms with E-state index in [-0.39, 0.29) is 6.03 Å². The van der Waals surface area contributed by atoms with Gasteiger partial charge in [0.25, 0.3) is 0 Å². The first kappa shape index (κ1) is 15.2. The molecule has 0 aliphatic rings. The summed E-state index contributed by atoms with van der Waals surface area (Å²) in [7, 11) is -0.869. The third-order valence-electron chi connectivity index (χ3n) is 2.31. The van der Waals surface area contributed by atoms with Crippen molar-refractivity contribution in [1.29, 1.82) is 0 Å². The lowest BCUT2D eigenvalue weighted by Crippen LogP contribution is -2.38. The Bertz CT molecular complexity index is 426. The highest BCUT2D eigenvalue weighted by molar-refractivity contribution is 9.10. The van der Waals surface area contributed by atoms with E-state index in [2.05, 4.69) is 26.6 Å². The van der Waals surface area contributed by atoms with Gasteiger partial charge < -0.3 is 10.6 Å². The zero-order chi connectivity index (χ0) is 13.4. The highest BCUT2D eigenvalue weighted by Gasteiger charge is 2.01. The maximum Gasteiger partial charge on any atom is 0.314 e. The number of hydrogen-bond donors (Lipinski definition) is 2. The highest BCUT2D eigenvalue weighted by Crippen LogP contribution is 2.15. The molecule has 1 aromatic rings. The Hall–Kier alpha value is -0.880. The van der Waals surface area contributed by atoms with Crippen LogP contribution in [0.15, 0.2) is 28.7 Å². The first-order valence-corrected chi connectivity index (χ1v) is 8.16. The minimum Gasteiger partial charge on any atom is -0.338 e. The van der Waals surface area contributed by atoms with Crippen LogP contribution in [0, 0.1) is 0 Å². The molecule has 0 spiro atoms. The van der Waals surface area contributed by atoms with E-state index >= 15 is 0 Å². The molecule has 0 unspecified atom stereocenters. The molecule has 100 valence electrons. The fraction of sp³-hybridized carbons (Fsp3) is 0.417. The first-order valence-electron chi connectivity index (χ1n) is 5.64. The molecule has 0 aromatic heterocycles. The highest BCUT2D eigenvalue weighted by atomic mass is 79.9. The number of carbonyl (C=O) groups excluding carboxylic acids is 1. The van der Waals surface area contributed by atoms with Gasteiger partial charge in [-0.2, -0.15) is 0 Å². The van der Waals surface area contributed by atoms with Crippen molar-refractivity contribution in [2.24, 2.45) is 0 Å². The van der Waals surface area contributed by atoms with Gasteiger partial charge in [0.2, 0.25) is 0 Å². The average Bonchev–Trinajstić information content (AvgIpc) is 2.31. The molecule has 18 heavy (non-hydrogen) atoms. The zero-order valence-electron chi connectivity index (χ0n) is 10.2. The van der Waals surface area contributed by atoms with Crippen LogP contribution in [-0.2, 0) is 17.2 Å². The molecule has 0 heterocycles. The normalized spacial score (nSPS) is 11.9. The Kier molecular flexibility index (Phi) is 6.97. The van der Waals surface area contributed by atoms with Gasteiger partial charge in [0.05, 0.1) is 0 Å². The van der Waals surface area contributed by atoms with Crippen molar-refractivity contribution >= 4 is 32.8 Å². The number of amides is 2. The molecule has 0 saturated heterocycles. The van der Waals surface area contributed by atoms with Gasteiger partial charge in [0.1, 0.15) is 0 Å². The number of carbonyl (C=O) groups is 1. The first-order chi connectivity index (χ1) is 8.59. The second-order valence-corrected chi connectivity index (χ2v) is 6.21. The number of hydrogen-bond acceptors (Lipinski definition) is 2. The second-order valence-electron chi connectivity index (χ2n) is 3.80. The van der Waals surface area contributed by atoms with Gasteiger partial charge in [0.15, 0.2) is 0 Å². The molecule has 0 saturated carbocycles. The lowest BCUT2D eigenvalue weighted by molar-refractivity contribution is 0.241. The number of nitrogens with one attached hydrogen (secondary N) is 2. The largest absolute Gasteiger partial charge is 0.338 e.